The Morgan fingerprint density at radius 1 is 1.36 bits per heavy atom. The Labute approximate surface area is 162 Å². The number of carbonyl (C=O) groups excluding carboxylic acids is 1. The van der Waals surface area contributed by atoms with Crippen LogP contribution in [-0.2, 0) is 4.79 Å². The number of rotatable bonds is 3. The molecule has 5 aliphatic rings. The molecule has 3 aliphatic heterocycles. The highest BCUT2D eigenvalue weighted by atomic mass is 19.2. The number of aliphatic imine (C=N–C) groups is 1. The van der Waals surface area contributed by atoms with Gasteiger partial charge in [0, 0.05) is 62.5 Å². The second kappa shape index (κ2) is 5.99. The van der Waals surface area contributed by atoms with Crippen LogP contribution in [0.15, 0.2) is 64.0 Å². The third-order valence-electron chi connectivity index (χ3n) is 6.49. The molecule has 5 rings (SSSR count). The van der Waals surface area contributed by atoms with Crippen LogP contribution in [0.1, 0.15) is 12.8 Å². The van der Waals surface area contributed by atoms with Crippen molar-refractivity contribution in [1.82, 2.24) is 4.90 Å². The maximum atomic E-state index is 16.1. The fourth-order valence-corrected chi connectivity index (χ4v) is 5.24. The van der Waals surface area contributed by atoms with Gasteiger partial charge in [0.25, 0.3) is 11.7 Å². The van der Waals surface area contributed by atoms with E-state index >= 15 is 4.48 Å². The number of Topliss-reactive ketones (excluding diaryl/α,β-unsaturated/α-hetero) is 1. The van der Waals surface area contributed by atoms with Gasteiger partial charge in [-0.05, 0) is 20.2 Å². The molecule has 0 N–H and O–H groups in total. The van der Waals surface area contributed by atoms with Crippen LogP contribution in [0.25, 0.3) is 0 Å². The Morgan fingerprint density at radius 2 is 2.18 bits per heavy atom. The number of hydrogen-bond donors (Lipinski definition) is 0. The normalized spacial score (nSPS) is 37.7. The summed E-state index contributed by atoms with van der Waals surface area (Å²) in [7, 11) is 3.85. The van der Waals surface area contributed by atoms with Crippen molar-refractivity contribution in [3.8, 4) is 0 Å². The van der Waals surface area contributed by atoms with Gasteiger partial charge < -0.3 is 4.90 Å². The van der Waals surface area contributed by atoms with Gasteiger partial charge in [0.2, 0.25) is 12.1 Å². The van der Waals surface area contributed by atoms with Crippen LogP contribution in [0.3, 0.4) is 0 Å². The second-order valence-electron chi connectivity index (χ2n) is 8.38. The highest BCUT2D eigenvalue weighted by Gasteiger charge is 2.65. The van der Waals surface area contributed by atoms with Crippen molar-refractivity contribution in [2.24, 2.45) is 10.9 Å². The van der Waals surface area contributed by atoms with Gasteiger partial charge in [-0.25, -0.2) is 4.99 Å². The fourth-order valence-electron chi connectivity index (χ4n) is 5.24. The minimum Gasteiger partial charge on any atom is -0.309 e. The van der Waals surface area contributed by atoms with E-state index in [1.54, 1.807) is 18.4 Å². The van der Waals surface area contributed by atoms with Gasteiger partial charge in [0.05, 0.1) is 5.92 Å². The van der Waals surface area contributed by atoms with Crippen LogP contribution in [0, 0.1) is 10.8 Å². The predicted molar refractivity (Wildman–Crippen MR) is 103 cm³/mol. The molecule has 5 atom stereocenters. The first-order chi connectivity index (χ1) is 13.4. The molecule has 0 saturated carbocycles. The first-order valence-corrected chi connectivity index (χ1v) is 9.67. The Balaban J connectivity index is 1.57. The summed E-state index contributed by atoms with van der Waals surface area (Å²) >= 11 is 0. The maximum absolute atomic E-state index is 16.1. The highest BCUT2D eigenvalue weighted by Crippen LogP contribution is 2.53. The number of hydrogen-bond acceptors (Lipinski definition) is 4. The van der Waals surface area contributed by atoms with Crippen LogP contribution in [0.4, 0.5) is 4.48 Å². The monoisotopic (exact) mass is 382 g/mol. The summed E-state index contributed by atoms with van der Waals surface area (Å²) < 4.78 is 16.1. The highest BCUT2D eigenvalue weighted by molar-refractivity contribution is 5.86. The zero-order valence-electron chi connectivity index (χ0n) is 16.0. The second-order valence-corrected chi connectivity index (χ2v) is 8.38. The average Bonchev–Trinajstić information content (AvgIpc) is 2.92. The van der Waals surface area contributed by atoms with E-state index in [1.807, 2.05) is 37.2 Å². The van der Waals surface area contributed by atoms with E-state index in [9.17, 15) is 9.70 Å². The standard InChI is InChI=1S/C21H23FN4O2/c1-24(2)9-8-17-19(27)10-15-16(25(17)28)6-7-18-20(15)14-5-3-4-13-11-23-12-26(18,22)21(13)14/h3-7,11-12,17-18,20-21H,8-10H2,1-2H3/q+2. The first-order valence-electron chi connectivity index (χ1n) is 9.67. The van der Waals surface area contributed by atoms with Crippen molar-refractivity contribution in [1.29, 1.82) is 0 Å². The smallest absolute Gasteiger partial charge is 0.267 e. The van der Waals surface area contributed by atoms with Crippen LogP contribution in [0.2, 0.25) is 0 Å². The first kappa shape index (κ1) is 17.6. The lowest BCUT2D eigenvalue weighted by molar-refractivity contribution is -0.996. The summed E-state index contributed by atoms with van der Waals surface area (Å²) in [5.74, 6) is -0.362. The minimum absolute atomic E-state index is 0.0729. The van der Waals surface area contributed by atoms with Crippen molar-refractivity contribution in [2.75, 3.05) is 20.6 Å². The molecule has 0 aromatic rings. The van der Waals surface area contributed by atoms with Gasteiger partial charge in [0.1, 0.15) is 0 Å². The summed E-state index contributed by atoms with van der Waals surface area (Å²) in [5.41, 5.74) is 3.05. The lowest BCUT2D eigenvalue weighted by Crippen LogP contribution is -2.52. The summed E-state index contributed by atoms with van der Waals surface area (Å²) in [4.78, 5) is 32.0. The molecule has 5 unspecified atom stereocenters. The number of carbonyl (C=O) groups is 1. The van der Waals surface area contributed by atoms with Crippen LogP contribution in [-0.4, -0.2) is 65.3 Å². The quantitative estimate of drug-likeness (QED) is 0.556. The maximum Gasteiger partial charge on any atom is 0.267 e. The van der Waals surface area contributed by atoms with Crippen molar-refractivity contribution in [3.63, 3.8) is 0 Å². The largest absolute Gasteiger partial charge is 0.309 e. The Kier molecular flexibility index (Phi) is 3.76. The molecular formula is C21H23FN4O2+2. The number of ketones is 1. The molecule has 1 fully saturated rings. The average molecular weight is 382 g/mol. The molecule has 0 radical (unpaired) electrons. The molecule has 7 heteroatoms. The van der Waals surface area contributed by atoms with E-state index in [-0.39, 0.29) is 18.1 Å². The van der Waals surface area contributed by atoms with Crippen molar-refractivity contribution in [2.45, 2.75) is 31.0 Å². The summed E-state index contributed by atoms with van der Waals surface area (Å²) in [5, 5.41) is 0. The number of allylic oxidation sites excluding steroid dienone is 3. The number of nitrogens with zero attached hydrogens (tertiary/aromatic N) is 4. The third-order valence-corrected chi connectivity index (χ3v) is 6.49. The van der Waals surface area contributed by atoms with E-state index in [1.165, 1.54) is 6.34 Å². The SMILES string of the molecule is CN(C)CCC1C(=O)CC2=C(C=CC3C2C2=CC=CC4=CN=C[N+]3(F)C42)[N+]1=O. The van der Waals surface area contributed by atoms with Gasteiger partial charge in [-0.1, -0.05) is 22.9 Å². The number of fused-ring (bicyclic) bond motifs is 4. The molecule has 0 bridgehead atoms. The molecule has 6 nitrogen and oxygen atoms in total. The summed E-state index contributed by atoms with van der Waals surface area (Å²) in [6.45, 7) is 0.667. The zero-order valence-corrected chi connectivity index (χ0v) is 16.0. The van der Waals surface area contributed by atoms with Crippen LogP contribution in [0.5, 0.6) is 0 Å². The fraction of sp³-hybridized carbons (Fsp3) is 0.429. The van der Waals surface area contributed by atoms with Gasteiger partial charge in [-0.15, -0.1) is 0 Å². The molecule has 0 aromatic heterocycles. The zero-order chi connectivity index (χ0) is 19.6. The summed E-state index contributed by atoms with van der Waals surface area (Å²) in [6, 6.07) is -1.62. The molecule has 3 heterocycles. The Hall–Kier alpha value is -2.51. The molecule has 2 aliphatic carbocycles. The summed E-state index contributed by atoms with van der Waals surface area (Å²) in [6.07, 6.45) is 13.0. The van der Waals surface area contributed by atoms with Gasteiger partial charge in [0.15, 0.2) is 12.1 Å². The molecule has 0 amide bonds. The van der Waals surface area contributed by atoms with E-state index in [0.717, 1.165) is 21.5 Å². The van der Waals surface area contributed by atoms with Gasteiger partial charge in [-0.2, -0.15) is 0 Å². The lowest BCUT2D eigenvalue weighted by Gasteiger charge is -2.31. The van der Waals surface area contributed by atoms with E-state index in [0.29, 0.717) is 18.7 Å². The predicted octanol–water partition coefficient (Wildman–Crippen LogP) is 2.37. The minimum atomic E-state index is -0.822. The van der Waals surface area contributed by atoms with E-state index in [2.05, 4.69) is 4.99 Å². The van der Waals surface area contributed by atoms with E-state index < -0.39 is 22.8 Å². The number of halogens is 1. The Bertz CT molecular complexity index is 971. The molecule has 0 spiro atoms. The lowest BCUT2D eigenvalue weighted by atomic mass is 9.76. The van der Waals surface area contributed by atoms with Gasteiger partial charge >= 0.3 is 0 Å². The Morgan fingerprint density at radius 3 is 2.96 bits per heavy atom. The molecule has 28 heavy (non-hydrogen) atoms. The molecular weight excluding hydrogens is 359 g/mol. The van der Waals surface area contributed by atoms with Crippen LogP contribution < -0.4 is 0 Å². The molecule has 1 saturated heterocycles. The third kappa shape index (κ3) is 2.26. The number of quaternary nitrogens is 1. The van der Waals surface area contributed by atoms with Crippen molar-refractivity contribution in [3.05, 3.63) is 63.9 Å². The van der Waals surface area contributed by atoms with Gasteiger partial charge in [-0.3, -0.25) is 4.79 Å². The topological polar surface area (TPSA) is 52.8 Å². The molecule has 144 valence electrons. The van der Waals surface area contributed by atoms with E-state index in [4.69, 9.17) is 0 Å². The van der Waals surface area contributed by atoms with Crippen molar-refractivity contribution < 1.29 is 18.7 Å². The number of nitroso groups, excluding NO2 is 1. The van der Waals surface area contributed by atoms with Crippen LogP contribution >= 0.6 is 0 Å². The molecule has 0 aromatic carbocycles. The van der Waals surface area contributed by atoms with Crippen molar-refractivity contribution >= 4 is 12.1 Å².